The van der Waals surface area contributed by atoms with Crippen LogP contribution in [0.15, 0.2) is 30.6 Å². The first-order valence-electron chi connectivity index (χ1n) is 8.78. The van der Waals surface area contributed by atoms with Crippen molar-refractivity contribution in [3.05, 3.63) is 47.3 Å². The fraction of sp³-hybridized carbons (Fsp3) is 0.421. The van der Waals surface area contributed by atoms with E-state index in [-0.39, 0.29) is 30.2 Å². The molecule has 2 heterocycles. The summed E-state index contributed by atoms with van der Waals surface area (Å²) in [7, 11) is 1.86. The molecule has 3 rings (SSSR count). The molecular formula is C19H25N5O2. The van der Waals surface area contributed by atoms with E-state index in [1.54, 1.807) is 10.9 Å². The SMILES string of the molecule is Cc1cccc(C)c1NC(=O)CNC(=O)[C@H]1CNC[C@@H]1c1cnn(C)c1. The second-order valence-corrected chi connectivity index (χ2v) is 6.85. The number of nitrogens with zero attached hydrogens (tertiary/aromatic N) is 2. The molecule has 7 nitrogen and oxygen atoms in total. The highest BCUT2D eigenvalue weighted by Crippen LogP contribution is 2.27. The van der Waals surface area contributed by atoms with Gasteiger partial charge in [-0.2, -0.15) is 5.10 Å². The molecule has 0 aliphatic carbocycles. The van der Waals surface area contributed by atoms with Gasteiger partial charge in [-0.25, -0.2) is 0 Å². The lowest BCUT2D eigenvalue weighted by Crippen LogP contribution is -2.39. The van der Waals surface area contributed by atoms with Gasteiger partial charge in [0.05, 0.1) is 18.7 Å². The predicted molar refractivity (Wildman–Crippen MR) is 99.9 cm³/mol. The maximum absolute atomic E-state index is 12.6. The van der Waals surface area contributed by atoms with Crippen LogP contribution in [0, 0.1) is 19.8 Å². The van der Waals surface area contributed by atoms with E-state index in [2.05, 4.69) is 21.0 Å². The molecule has 138 valence electrons. The minimum Gasteiger partial charge on any atom is -0.347 e. The van der Waals surface area contributed by atoms with Crippen LogP contribution in [0.2, 0.25) is 0 Å². The van der Waals surface area contributed by atoms with Gasteiger partial charge in [0, 0.05) is 37.9 Å². The molecule has 1 aromatic heterocycles. The molecule has 2 atom stereocenters. The van der Waals surface area contributed by atoms with Crippen LogP contribution in [0.3, 0.4) is 0 Å². The van der Waals surface area contributed by atoms with Crippen LogP contribution in [0.4, 0.5) is 5.69 Å². The van der Waals surface area contributed by atoms with Crippen LogP contribution in [0.25, 0.3) is 0 Å². The fourth-order valence-electron chi connectivity index (χ4n) is 3.43. The van der Waals surface area contributed by atoms with Gasteiger partial charge in [0.1, 0.15) is 0 Å². The molecule has 26 heavy (non-hydrogen) atoms. The van der Waals surface area contributed by atoms with Crippen LogP contribution in [0.1, 0.15) is 22.6 Å². The summed E-state index contributed by atoms with van der Waals surface area (Å²) in [4.78, 5) is 24.8. The van der Waals surface area contributed by atoms with E-state index in [0.717, 1.165) is 28.9 Å². The van der Waals surface area contributed by atoms with Gasteiger partial charge in [0.25, 0.3) is 0 Å². The van der Waals surface area contributed by atoms with Gasteiger partial charge >= 0.3 is 0 Å². The number of amides is 2. The Morgan fingerprint density at radius 3 is 2.65 bits per heavy atom. The Balaban J connectivity index is 1.57. The van der Waals surface area contributed by atoms with Crippen LogP contribution in [-0.4, -0.2) is 41.2 Å². The summed E-state index contributed by atoms with van der Waals surface area (Å²) in [6, 6.07) is 5.85. The van der Waals surface area contributed by atoms with Crippen molar-refractivity contribution in [3.63, 3.8) is 0 Å². The van der Waals surface area contributed by atoms with Gasteiger partial charge in [-0.3, -0.25) is 14.3 Å². The van der Waals surface area contributed by atoms with Crippen molar-refractivity contribution >= 4 is 17.5 Å². The zero-order valence-electron chi connectivity index (χ0n) is 15.4. The summed E-state index contributed by atoms with van der Waals surface area (Å²) in [6.45, 7) is 5.19. The highest BCUT2D eigenvalue weighted by atomic mass is 16.2. The number of benzene rings is 1. The number of carbonyl (C=O) groups is 2. The molecule has 2 amide bonds. The molecular weight excluding hydrogens is 330 g/mol. The summed E-state index contributed by atoms with van der Waals surface area (Å²) in [5, 5.41) is 13.1. The monoisotopic (exact) mass is 355 g/mol. The third-order valence-electron chi connectivity index (χ3n) is 4.87. The Morgan fingerprint density at radius 1 is 1.27 bits per heavy atom. The summed E-state index contributed by atoms with van der Waals surface area (Å²) >= 11 is 0. The minimum atomic E-state index is -0.223. The van der Waals surface area contributed by atoms with Crippen LogP contribution >= 0.6 is 0 Å². The van der Waals surface area contributed by atoms with Crippen LogP contribution in [0.5, 0.6) is 0 Å². The quantitative estimate of drug-likeness (QED) is 0.749. The Hall–Kier alpha value is -2.67. The molecule has 0 radical (unpaired) electrons. The van der Waals surface area contributed by atoms with Gasteiger partial charge in [-0.15, -0.1) is 0 Å². The number of para-hydroxylation sites is 1. The molecule has 2 aromatic rings. The highest BCUT2D eigenvalue weighted by molar-refractivity contribution is 5.96. The lowest BCUT2D eigenvalue weighted by Gasteiger charge is -2.17. The maximum atomic E-state index is 12.6. The first-order valence-corrected chi connectivity index (χ1v) is 8.78. The molecule has 0 unspecified atom stereocenters. The first kappa shape index (κ1) is 18.1. The van der Waals surface area contributed by atoms with Crippen molar-refractivity contribution in [2.75, 3.05) is 25.0 Å². The number of aryl methyl sites for hydroxylation is 3. The molecule has 1 fully saturated rings. The molecule has 1 saturated heterocycles. The Labute approximate surface area is 153 Å². The lowest BCUT2D eigenvalue weighted by atomic mass is 9.90. The second-order valence-electron chi connectivity index (χ2n) is 6.85. The van der Waals surface area contributed by atoms with E-state index in [0.29, 0.717) is 6.54 Å². The summed E-state index contributed by atoms with van der Waals surface area (Å²) < 4.78 is 1.74. The number of rotatable bonds is 5. The fourth-order valence-corrected chi connectivity index (χ4v) is 3.43. The molecule has 0 bridgehead atoms. The number of aromatic nitrogens is 2. The van der Waals surface area contributed by atoms with Crippen molar-refractivity contribution in [2.24, 2.45) is 13.0 Å². The van der Waals surface area contributed by atoms with E-state index >= 15 is 0 Å². The van der Waals surface area contributed by atoms with Crippen molar-refractivity contribution in [3.8, 4) is 0 Å². The summed E-state index contributed by atoms with van der Waals surface area (Å²) in [6.07, 6.45) is 3.73. The zero-order chi connectivity index (χ0) is 18.7. The molecule has 0 saturated carbocycles. The molecule has 1 aromatic carbocycles. The zero-order valence-corrected chi connectivity index (χ0v) is 15.4. The first-order chi connectivity index (χ1) is 12.5. The second kappa shape index (κ2) is 7.70. The third kappa shape index (κ3) is 3.94. The largest absolute Gasteiger partial charge is 0.347 e. The van der Waals surface area contributed by atoms with Crippen molar-refractivity contribution in [1.82, 2.24) is 20.4 Å². The van der Waals surface area contributed by atoms with E-state index in [9.17, 15) is 9.59 Å². The predicted octanol–water partition coefficient (Wildman–Crippen LogP) is 1.09. The van der Waals surface area contributed by atoms with Crippen molar-refractivity contribution in [1.29, 1.82) is 0 Å². The third-order valence-corrected chi connectivity index (χ3v) is 4.87. The van der Waals surface area contributed by atoms with Gasteiger partial charge in [0.2, 0.25) is 11.8 Å². The Bertz CT molecular complexity index is 794. The van der Waals surface area contributed by atoms with Gasteiger partial charge < -0.3 is 16.0 Å². The van der Waals surface area contributed by atoms with Gasteiger partial charge in [-0.1, -0.05) is 18.2 Å². The van der Waals surface area contributed by atoms with E-state index < -0.39 is 0 Å². The van der Waals surface area contributed by atoms with Gasteiger partial charge in [0.15, 0.2) is 0 Å². The highest BCUT2D eigenvalue weighted by Gasteiger charge is 2.34. The summed E-state index contributed by atoms with van der Waals surface area (Å²) in [5.74, 6) is -0.460. The molecule has 1 aliphatic heterocycles. The van der Waals surface area contributed by atoms with Crippen LogP contribution < -0.4 is 16.0 Å². The molecule has 3 N–H and O–H groups in total. The molecule has 0 spiro atoms. The average molecular weight is 355 g/mol. The smallest absolute Gasteiger partial charge is 0.243 e. The molecule has 7 heteroatoms. The van der Waals surface area contributed by atoms with E-state index in [4.69, 9.17) is 0 Å². The standard InChI is InChI=1S/C19H25N5O2/c1-12-5-4-6-13(2)18(12)23-17(25)10-21-19(26)16-9-20-8-15(16)14-7-22-24(3)11-14/h4-7,11,15-16,20H,8-10H2,1-3H3,(H,21,26)(H,23,25)/t15-,16+/m1/s1. The van der Waals surface area contributed by atoms with E-state index in [1.807, 2.05) is 45.3 Å². The molecule has 1 aliphatic rings. The number of hydrogen-bond donors (Lipinski definition) is 3. The maximum Gasteiger partial charge on any atom is 0.243 e. The normalized spacial score (nSPS) is 19.3. The van der Waals surface area contributed by atoms with Crippen molar-refractivity contribution in [2.45, 2.75) is 19.8 Å². The number of nitrogens with one attached hydrogen (secondary N) is 3. The topological polar surface area (TPSA) is 88.1 Å². The Kier molecular flexibility index (Phi) is 5.37. The minimum absolute atomic E-state index is 0.0388. The van der Waals surface area contributed by atoms with Gasteiger partial charge in [-0.05, 0) is 30.5 Å². The van der Waals surface area contributed by atoms with Crippen molar-refractivity contribution < 1.29 is 9.59 Å². The number of anilines is 1. The number of hydrogen-bond acceptors (Lipinski definition) is 4. The lowest BCUT2D eigenvalue weighted by molar-refractivity contribution is -0.127. The number of carbonyl (C=O) groups excluding carboxylic acids is 2. The summed E-state index contributed by atoms with van der Waals surface area (Å²) in [5.41, 5.74) is 3.85. The average Bonchev–Trinajstić information content (AvgIpc) is 3.24. The van der Waals surface area contributed by atoms with Crippen LogP contribution in [-0.2, 0) is 16.6 Å². The van der Waals surface area contributed by atoms with E-state index in [1.165, 1.54) is 0 Å². The Morgan fingerprint density at radius 2 is 2.00 bits per heavy atom.